The lowest BCUT2D eigenvalue weighted by Gasteiger charge is -2.22. The van der Waals surface area contributed by atoms with E-state index in [1.807, 2.05) is 12.1 Å². The number of Topliss-reactive ketones (excluding diaryl/α,β-unsaturated/α-hetero) is 1. The molecule has 0 bridgehead atoms. The van der Waals surface area contributed by atoms with Crippen LogP contribution in [0.25, 0.3) is 10.9 Å². The van der Waals surface area contributed by atoms with E-state index >= 15 is 0 Å². The Balaban J connectivity index is 2.09. The van der Waals surface area contributed by atoms with Crippen LogP contribution in [0.5, 0.6) is 0 Å². The van der Waals surface area contributed by atoms with Gasteiger partial charge in [-0.3, -0.25) is 4.79 Å². The molecule has 0 spiro atoms. The zero-order valence-corrected chi connectivity index (χ0v) is 11.8. The summed E-state index contributed by atoms with van der Waals surface area (Å²) in [6, 6.07) is 6.08. The van der Waals surface area contributed by atoms with Gasteiger partial charge in [0.2, 0.25) is 0 Å². The normalized spacial score (nSPS) is 16.9. The number of aromatic nitrogens is 1. The highest BCUT2D eigenvalue weighted by molar-refractivity contribution is 6.34. The maximum Gasteiger partial charge on any atom is 0.161 e. The van der Waals surface area contributed by atoms with Crippen LogP contribution < -0.4 is 5.59 Å². The average molecular weight is 253 g/mol. The van der Waals surface area contributed by atoms with Crippen LogP contribution in [0.4, 0.5) is 0 Å². The molecule has 0 unspecified atom stereocenters. The predicted molar refractivity (Wildman–Crippen MR) is 82.3 cm³/mol. The number of H-pyrrole nitrogens is 1. The first kappa shape index (κ1) is 12.5. The molecule has 1 fully saturated rings. The third-order valence-electron chi connectivity index (χ3n) is 4.46. The van der Waals surface area contributed by atoms with Crippen molar-refractivity contribution < 1.29 is 4.79 Å². The van der Waals surface area contributed by atoms with Crippen molar-refractivity contribution in [2.24, 2.45) is 0 Å². The number of carbonyl (C=O) groups is 1. The van der Waals surface area contributed by atoms with Crippen LogP contribution in [-0.4, -0.2) is 18.6 Å². The Labute approximate surface area is 115 Å². The smallest absolute Gasteiger partial charge is 0.161 e. The standard InChI is InChI=1S/C16H20BNO/c1-10(19)12-7-8-13-14(9-12)18-16(17)15(13)11-5-3-2-4-6-11/h7-9,11,18H,2-6,17H2,1H3. The molecule has 3 heteroatoms. The van der Waals surface area contributed by atoms with Crippen molar-refractivity contribution in [3.8, 4) is 0 Å². The molecule has 2 aromatic rings. The highest BCUT2D eigenvalue weighted by atomic mass is 16.1. The van der Waals surface area contributed by atoms with Crippen LogP contribution in [0.1, 0.15) is 60.9 Å². The Morgan fingerprint density at radius 3 is 2.68 bits per heavy atom. The summed E-state index contributed by atoms with van der Waals surface area (Å²) < 4.78 is 0. The van der Waals surface area contributed by atoms with Crippen molar-refractivity contribution in [1.29, 1.82) is 0 Å². The monoisotopic (exact) mass is 253 g/mol. The number of ketones is 1. The van der Waals surface area contributed by atoms with Crippen LogP contribution in [0.15, 0.2) is 18.2 Å². The number of benzene rings is 1. The second-order valence-electron chi connectivity index (χ2n) is 5.82. The molecule has 0 amide bonds. The molecule has 0 radical (unpaired) electrons. The van der Waals surface area contributed by atoms with E-state index in [2.05, 4.69) is 18.9 Å². The Hall–Kier alpha value is -1.51. The lowest BCUT2D eigenvalue weighted by atomic mass is 9.80. The number of hydrogen-bond donors (Lipinski definition) is 1. The lowest BCUT2D eigenvalue weighted by molar-refractivity contribution is 0.101. The second-order valence-corrected chi connectivity index (χ2v) is 5.82. The summed E-state index contributed by atoms with van der Waals surface area (Å²) in [6.07, 6.45) is 6.70. The van der Waals surface area contributed by atoms with Gasteiger partial charge in [0, 0.05) is 16.5 Å². The van der Waals surface area contributed by atoms with Crippen LogP contribution >= 0.6 is 0 Å². The molecule has 2 nitrogen and oxygen atoms in total. The predicted octanol–water partition coefficient (Wildman–Crippen LogP) is 2.68. The van der Waals surface area contributed by atoms with E-state index in [1.165, 1.54) is 48.6 Å². The van der Waals surface area contributed by atoms with Crippen molar-refractivity contribution in [2.45, 2.75) is 44.9 Å². The molecular weight excluding hydrogens is 233 g/mol. The van der Waals surface area contributed by atoms with Gasteiger partial charge in [-0.1, -0.05) is 31.4 Å². The average Bonchev–Trinajstić information content (AvgIpc) is 2.74. The first-order valence-electron chi connectivity index (χ1n) is 7.30. The van der Waals surface area contributed by atoms with Crippen molar-refractivity contribution in [1.82, 2.24) is 4.98 Å². The van der Waals surface area contributed by atoms with Gasteiger partial charge in [-0.05, 0) is 42.9 Å². The number of fused-ring (bicyclic) bond motifs is 1. The molecular formula is C16H20BNO. The molecule has 1 N–H and O–H groups in total. The third-order valence-corrected chi connectivity index (χ3v) is 4.46. The van der Waals surface area contributed by atoms with Gasteiger partial charge in [-0.2, -0.15) is 0 Å². The summed E-state index contributed by atoms with van der Waals surface area (Å²) >= 11 is 0. The van der Waals surface area contributed by atoms with Crippen LogP contribution in [0.3, 0.4) is 0 Å². The van der Waals surface area contributed by atoms with Gasteiger partial charge in [0.25, 0.3) is 0 Å². The highest BCUT2D eigenvalue weighted by Gasteiger charge is 2.21. The summed E-state index contributed by atoms with van der Waals surface area (Å²) in [6.45, 7) is 1.62. The lowest BCUT2D eigenvalue weighted by Crippen LogP contribution is -2.15. The van der Waals surface area contributed by atoms with Gasteiger partial charge in [-0.15, -0.1) is 0 Å². The van der Waals surface area contributed by atoms with Crippen molar-refractivity contribution >= 4 is 30.1 Å². The van der Waals surface area contributed by atoms with Crippen LogP contribution in [-0.2, 0) is 0 Å². The number of nitrogens with one attached hydrogen (secondary N) is 1. The zero-order chi connectivity index (χ0) is 13.4. The Morgan fingerprint density at radius 2 is 2.00 bits per heavy atom. The molecule has 0 aliphatic heterocycles. The minimum absolute atomic E-state index is 0.133. The van der Waals surface area contributed by atoms with E-state index in [4.69, 9.17) is 0 Å². The molecule has 0 saturated heterocycles. The largest absolute Gasteiger partial charge is 0.367 e. The first-order chi connectivity index (χ1) is 9.16. The first-order valence-corrected chi connectivity index (χ1v) is 7.30. The summed E-state index contributed by atoms with van der Waals surface area (Å²) in [7, 11) is 2.16. The van der Waals surface area contributed by atoms with Crippen molar-refractivity contribution in [2.75, 3.05) is 0 Å². The Morgan fingerprint density at radius 1 is 1.26 bits per heavy atom. The minimum atomic E-state index is 0.133. The van der Waals surface area contributed by atoms with Gasteiger partial charge >= 0.3 is 0 Å². The SMILES string of the molecule is Bc1[nH]c2cc(C(C)=O)ccc2c1C1CCCCC1. The fourth-order valence-electron chi connectivity index (χ4n) is 3.49. The van der Waals surface area contributed by atoms with Gasteiger partial charge in [0.15, 0.2) is 13.6 Å². The molecule has 3 rings (SSSR count). The zero-order valence-electron chi connectivity index (χ0n) is 11.8. The van der Waals surface area contributed by atoms with Crippen molar-refractivity contribution in [3.63, 3.8) is 0 Å². The van der Waals surface area contributed by atoms with Crippen LogP contribution in [0.2, 0.25) is 0 Å². The van der Waals surface area contributed by atoms with Gasteiger partial charge in [0.1, 0.15) is 0 Å². The molecule has 0 atom stereocenters. The molecule has 19 heavy (non-hydrogen) atoms. The summed E-state index contributed by atoms with van der Waals surface area (Å²) in [5, 5.41) is 1.31. The number of aromatic amines is 1. The van der Waals surface area contributed by atoms with E-state index in [0.717, 1.165) is 11.1 Å². The fourth-order valence-corrected chi connectivity index (χ4v) is 3.49. The molecule has 98 valence electrons. The summed E-state index contributed by atoms with van der Waals surface area (Å²) in [5.41, 5.74) is 4.68. The van der Waals surface area contributed by atoms with Gasteiger partial charge in [0.05, 0.1) is 0 Å². The Bertz CT molecular complexity index is 623. The van der Waals surface area contributed by atoms with Gasteiger partial charge < -0.3 is 4.98 Å². The third kappa shape index (κ3) is 2.22. The topological polar surface area (TPSA) is 32.9 Å². The number of rotatable bonds is 2. The second kappa shape index (κ2) is 4.88. The van der Waals surface area contributed by atoms with Crippen molar-refractivity contribution in [3.05, 3.63) is 29.3 Å². The highest BCUT2D eigenvalue weighted by Crippen LogP contribution is 2.35. The minimum Gasteiger partial charge on any atom is -0.367 e. The van der Waals surface area contributed by atoms with Gasteiger partial charge in [-0.25, -0.2) is 0 Å². The summed E-state index contributed by atoms with van der Waals surface area (Å²) in [5.74, 6) is 0.832. The van der Waals surface area contributed by atoms with E-state index < -0.39 is 0 Å². The molecule has 1 saturated carbocycles. The fraction of sp³-hybridized carbons (Fsp3) is 0.438. The Kier molecular flexibility index (Phi) is 3.22. The maximum absolute atomic E-state index is 11.5. The molecule has 1 heterocycles. The van der Waals surface area contributed by atoms with E-state index in [1.54, 1.807) is 6.92 Å². The quantitative estimate of drug-likeness (QED) is 0.647. The van der Waals surface area contributed by atoms with E-state index in [0.29, 0.717) is 5.92 Å². The van der Waals surface area contributed by atoms with Crippen LogP contribution in [0, 0.1) is 0 Å². The number of hydrogen-bond acceptors (Lipinski definition) is 1. The van der Waals surface area contributed by atoms with E-state index in [-0.39, 0.29) is 5.78 Å². The molecule has 1 aliphatic carbocycles. The van der Waals surface area contributed by atoms with E-state index in [9.17, 15) is 4.79 Å². The summed E-state index contributed by atoms with van der Waals surface area (Å²) in [4.78, 5) is 14.9. The molecule has 1 aromatic heterocycles. The molecule has 1 aliphatic rings. The number of carbonyl (C=O) groups excluding carboxylic acids is 1. The maximum atomic E-state index is 11.5. The molecule has 1 aromatic carbocycles.